The number of aliphatic hydroxyl groups is 1. The number of hydrogen-bond acceptors (Lipinski definition) is 3. The van der Waals surface area contributed by atoms with Gasteiger partial charge in [0.25, 0.3) is 0 Å². The van der Waals surface area contributed by atoms with Crippen molar-refractivity contribution in [2.75, 3.05) is 6.61 Å². The van der Waals surface area contributed by atoms with E-state index in [9.17, 15) is 4.79 Å². The average Bonchev–Trinajstić information content (AvgIpc) is 2.79. The van der Waals surface area contributed by atoms with Crippen LogP contribution in [0.4, 0.5) is 0 Å². The van der Waals surface area contributed by atoms with E-state index in [4.69, 9.17) is 5.11 Å². The molecule has 1 saturated heterocycles. The summed E-state index contributed by atoms with van der Waals surface area (Å²) in [6.45, 7) is -0.236. The highest BCUT2D eigenvalue weighted by Crippen LogP contribution is 2.38. The van der Waals surface area contributed by atoms with Gasteiger partial charge in [0.2, 0.25) is 5.91 Å². The maximum absolute atomic E-state index is 12.5. The second-order valence-corrected chi connectivity index (χ2v) is 6.94. The van der Waals surface area contributed by atoms with Gasteiger partial charge in [0, 0.05) is 0 Å². The molecule has 0 unspecified atom stereocenters. The monoisotopic (exact) mass is 382 g/mol. The number of nitrogens with one attached hydrogen (secondary N) is 2. The van der Waals surface area contributed by atoms with Gasteiger partial charge in [-0.15, -0.1) is 0 Å². The summed E-state index contributed by atoms with van der Waals surface area (Å²) in [6.07, 6.45) is 0. The summed E-state index contributed by atoms with van der Waals surface area (Å²) in [5.41, 5.74) is 2.37. The van der Waals surface area contributed by atoms with Crippen molar-refractivity contribution in [1.29, 1.82) is 0 Å². The predicted molar refractivity (Wildman–Crippen MR) is 113 cm³/mol. The van der Waals surface area contributed by atoms with E-state index in [1.165, 1.54) is 0 Å². The van der Waals surface area contributed by atoms with E-state index in [0.717, 1.165) is 16.7 Å². The SMILES string of the molecule is O=C1N[C@H](C#CCO)[C@@H]1NC(c1ccccc1)(c1ccccc1)c1ccccc1. The number of carbonyl (C=O) groups excluding carboxylic acids is 1. The van der Waals surface area contributed by atoms with Crippen LogP contribution in [-0.2, 0) is 10.3 Å². The van der Waals surface area contributed by atoms with E-state index in [2.05, 4.69) is 58.9 Å². The van der Waals surface area contributed by atoms with Gasteiger partial charge in [-0.05, 0) is 16.7 Å². The minimum absolute atomic E-state index is 0.102. The summed E-state index contributed by atoms with van der Waals surface area (Å²) in [5, 5.41) is 15.5. The van der Waals surface area contributed by atoms with E-state index >= 15 is 0 Å². The number of carbonyl (C=O) groups is 1. The van der Waals surface area contributed by atoms with Crippen molar-refractivity contribution in [3.63, 3.8) is 0 Å². The Balaban J connectivity index is 1.90. The Morgan fingerprint density at radius 3 is 1.66 bits per heavy atom. The molecule has 1 aliphatic rings. The molecule has 29 heavy (non-hydrogen) atoms. The van der Waals surface area contributed by atoms with Gasteiger partial charge >= 0.3 is 0 Å². The van der Waals surface area contributed by atoms with Crippen molar-refractivity contribution in [2.45, 2.75) is 17.6 Å². The van der Waals surface area contributed by atoms with Crippen molar-refractivity contribution >= 4 is 5.91 Å². The highest BCUT2D eigenvalue weighted by Gasteiger charge is 2.46. The molecule has 0 saturated carbocycles. The highest BCUT2D eigenvalue weighted by atomic mass is 16.2. The van der Waals surface area contributed by atoms with Crippen LogP contribution in [0.5, 0.6) is 0 Å². The fraction of sp³-hybridized carbons (Fsp3) is 0.160. The molecule has 3 N–H and O–H groups in total. The van der Waals surface area contributed by atoms with E-state index in [-0.39, 0.29) is 18.6 Å². The van der Waals surface area contributed by atoms with Crippen molar-refractivity contribution in [3.05, 3.63) is 108 Å². The van der Waals surface area contributed by atoms with E-state index in [1.807, 2.05) is 54.6 Å². The molecule has 0 spiro atoms. The lowest BCUT2D eigenvalue weighted by atomic mass is 9.75. The van der Waals surface area contributed by atoms with Gasteiger partial charge in [0.15, 0.2) is 0 Å². The Morgan fingerprint density at radius 2 is 1.28 bits per heavy atom. The summed E-state index contributed by atoms with van der Waals surface area (Å²) in [5.74, 6) is 5.49. The zero-order valence-corrected chi connectivity index (χ0v) is 15.9. The molecule has 1 aliphatic heterocycles. The lowest BCUT2D eigenvalue weighted by Crippen LogP contribution is -2.71. The molecule has 1 fully saturated rings. The second-order valence-electron chi connectivity index (χ2n) is 6.94. The van der Waals surface area contributed by atoms with Crippen LogP contribution >= 0.6 is 0 Å². The number of aliphatic hydroxyl groups excluding tert-OH is 1. The van der Waals surface area contributed by atoms with Gasteiger partial charge < -0.3 is 10.4 Å². The van der Waals surface area contributed by atoms with Crippen LogP contribution in [0, 0.1) is 11.8 Å². The van der Waals surface area contributed by atoms with Crippen molar-refractivity contribution in [1.82, 2.24) is 10.6 Å². The highest BCUT2D eigenvalue weighted by molar-refractivity contribution is 5.91. The number of hydrogen-bond donors (Lipinski definition) is 3. The molecule has 0 aromatic heterocycles. The van der Waals surface area contributed by atoms with Gasteiger partial charge in [-0.2, -0.15) is 0 Å². The maximum Gasteiger partial charge on any atom is 0.241 e. The Kier molecular flexibility index (Phi) is 5.44. The van der Waals surface area contributed by atoms with Gasteiger partial charge in [-0.25, -0.2) is 0 Å². The molecule has 1 amide bonds. The number of amides is 1. The van der Waals surface area contributed by atoms with Crippen LogP contribution in [-0.4, -0.2) is 29.7 Å². The topological polar surface area (TPSA) is 61.4 Å². The number of benzene rings is 3. The molecule has 0 bridgehead atoms. The number of rotatable bonds is 5. The molecular formula is C25H22N2O2. The lowest BCUT2D eigenvalue weighted by molar-refractivity contribution is -0.130. The summed E-state index contributed by atoms with van der Waals surface area (Å²) in [6, 6.07) is 29.5. The maximum atomic E-state index is 12.5. The minimum Gasteiger partial charge on any atom is -0.384 e. The normalized spacial score (nSPS) is 18.2. The molecule has 0 aliphatic carbocycles. The van der Waals surface area contributed by atoms with Crippen LogP contribution < -0.4 is 10.6 Å². The van der Waals surface area contributed by atoms with Crippen LogP contribution in [0.2, 0.25) is 0 Å². The molecule has 1 heterocycles. The smallest absolute Gasteiger partial charge is 0.241 e. The van der Waals surface area contributed by atoms with E-state index < -0.39 is 11.6 Å². The first-order valence-electron chi connectivity index (χ1n) is 9.59. The number of β-lactam (4-membered cyclic amide) rings is 1. The molecule has 144 valence electrons. The zero-order chi connectivity index (χ0) is 20.1. The molecule has 4 nitrogen and oxygen atoms in total. The fourth-order valence-corrected chi connectivity index (χ4v) is 3.85. The van der Waals surface area contributed by atoms with Gasteiger partial charge in [0.1, 0.15) is 18.7 Å². The van der Waals surface area contributed by atoms with E-state index in [1.54, 1.807) is 0 Å². The van der Waals surface area contributed by atoms with Crippen LogP contribution in [0.25, 0.3) is 0 Å². The third-order valence-electron chi connectivity index (χ3n) is 5.24. The third kappa shape index (κ3) is 3.54. The first-order valence-corrected chi connectivity index (χ1v) is 9.59. The minimum atomic E-state index is -0.731. The predicted octanol–water partition coefficient (Wildman–Crippen LogP) is 2.43. The van der Waals surface area contributed by atoms with Gasteiger partial charge in [-0.1, -0.05) is 103 Å². The van der Waals surface area contributed by atoms with Gasteiger partial charge in [0.05, 0.1) is 5.54 Å². The lowest BCUT2D eigenvalue weighted by Gasteiger charge is -2.44. The zero-order valence-electron chi connectivity index (χ0n) is 15.9. The summed E-state index contributed by atoms with van der Waals surface area (Å²) in [7, 11) is 0. The molecule has 2 atom stereocenters. The van der Waals surface area contributed by atoms with Crippen LogP contribution in [0.15, 0.2) is 91.0 Å². The Labute approximate surface area is 170 Å². The van der Waals surface area contributed by atoms with Crippen molar-refractivity contribution < 1.29 is 9.90 Å². The Morgan fingerprint density at radius 1 is 0.828 bits per heavy atom. The first-order chi connectivity index (χ1) is 14.3. The average molecular weight is 382 g/mol. The summed E-state index contributed by atoms with van der Waals surface area (Å²) in [4.78, 5) is 12.5. The van der Waals surface area contributed by atoms with E-state index in [0.29, 0.717) is 0 Å². The molecule has 3 aromatic rings. The van der Waals surface area contributed by atoms with Crippen LogP contribution in [0.3, 0.4) is 0 Å². The summed E-state index contributed by atoms with van der Waals surface area (Å²) >= 11 is 0. The molecular weight excluding hydrogens is 360 g/mol. The van der Waals surface area contributed by atoms with Crippen molar-refractivity contribution in [3.8, 4) is 11.8 Å². The first kappa shape index (κ1) is 18.9. The third-order valence-corrected chi connectivity index (χ3v) is 5.24. The van der Waals surface area contributed by atoms with Crippen molar-refractivity contribution in [2.24, 2.45) is 0 Å². The largest absolute Gasteiger partial charge is 0.384 e. The van der Waals surface area contributed by atoms with Crippen LogP contribution in [0.1, 0.15) is 16.7 Å². The molecule has 4 rings (SSSR count). The van der Waals surface area contributed by atoms with Gasteiger partial charge in [-0.3, -0.25) is 10.1 Å². The standard InChI is InChI=1S/C25H22N2O2/c28-18-10-17-22-23(24(29)26-22)27-25(19-11-4-1-5-12-19,20-13-6-2-7-14-20)21-15-8-3-9-16-21/h1-9,11-16,22-23,27-28H,18H2,(H,26,29)/t22-,23+/m1/s1. The molecule has 3 aromatic carbocycles. The fourth-order valence-electron chi connectivity index (χ4n) is 3.85. The second kappa shape index (κ2) is 8.32. The molecule has 0 radical (unpaired) electrons. The Bertz CT molecular complexity index is 927. The Hall–Kier alpha value is -3.39. The molecule has 4 heteroatoms. The quantitative estimate of drug-likeness (QED) is 0.361. The summed E-state index contributed by atoms with van der Waals surface area (Å²) < 4.78 is 0.